The van der Waals surface area contributed by atoms with Crippen molar-refractivity contribution < 1.29 is 0 Å². The summed E-state index contributed by atoms with van der Waals surface area (Å²) in [6.45, 7) is 0. The van der Waals surface area contributed by atoms with Crippen LogP contribution in [0, 0.1) is 11.8 Å². The molecule has 0 N–H and O–H groups in total. The highest BCUT2D eigenvalue weighted by molar-refractivity contribution is 5.82. The van der Waals surface area contributed by atoms with Gasteiger partial charge in [0.2, 0.25) is 0 Å². The van der Waals surface area contributed by atoms with E-state index in [9.17, 15) is 0 Å². The van der Waals surface area contributed by atoms with Gasteiger partial charge in [0.25, 0.3) is 0 Å². The van der Waals surface area contributed by atoms with E-state index in [1.165, 1.54) is 79.1 Å². The van der Waals surface area contributed by atoms with Gasteiger partial charge in [-0.25, -0.2) is 0 Å². The van der Waals surface area contributed by atoms with Gasteiger partial charge in [-0.15, -0.1) is 0 Å². The SMILES string of the molecule is C.C1=CC2CC2C(N(c2ccc(-c3ccc(-c4ccccc4)cc3)cc2)c2ccc(-c3ccc(N(c4ccc(-c5ccccc5)cc4)c4ccc(-c5ccccc5)cc4)cc3)cc2)=C1. The number of anilines is 5. The first-order valence-corrected chi connectivity index (χ1v) is 22.0. The fourth-order valence-electron chi connectivity index (χ4n) is 9.08. The Morgan fingerprint density at radius 2 is 0.531 bits per heavy atom. The number of hydrogen-bond donors (Lipinski definition) is 0. The number of hydrogen-bond acceptors (Lipinski definition) is 2. The third-order valence-corrected chi connectivity index (χ3v) is 12.6. The molecule has 64 heavy (non-hydrogen) atoms. The molecule has 0 radical (unpaired) electrons. The number of fused-ring (bicyclic) bond motifs is 1. The fourth-order valence-corrected chi connectivity index (χ4v) is 9.08. The maximum absolute atomic E-state index is 2.47. The minimum absolute atomic E-state index is 0. The highest BCUT2D eigenvalue weighted by atomic mass is 15.2. The largest absolute Gasteiger partial charge is 0.314 e. The molecule has 2 heteroatoms. The average Bonchev–Trinajstić information content (AvgIpc) is 4.17. The molecule has 11 rings (SSSR count). The van der Waals surface area contributed by atoms with Gasteiger partial charge >= 0.3 is 0 Å². The Hall–Kier alpha value is -7.94. The normalized spacial score (nSPS) is 14.7. The second kappa shape index (κ2) is 17.8. The lowest BCUT2D eigenvalue weighted by molar-refractivity contribution is 0.871. The van der Waals surface area contributed by atoms with Gasteiger partial charge in [0.15, 0.2) is 0 Å². The molecule has 0 saturated heterocycles. The van der Waals surface area contributed by atoms with Crippen molar-refractivity contribution >= 4 is 28.4 Å². The van der Waals surface area contributed by atoms with Crippen LogP contribution in [-0.2, 0) is 0 Å². The van der Waals surface area contributed by atoms with Gasteiger partial charge in [0.1, 0.15) is 0 Å². The Kier molecular flexibility index (Phi) is 11.2. The van der Waals surface area contributed by atoms with Crippen LogP contribution < -0.4 is 9.80 Å². The lowest BCUT2D eigenvalue weighted by atomic mass is 9.99. The van der Waals surface area contributed by atoms with Crippen molar-refractivity contribution in [3.8, 4) is 55.6 Å². The van der Waals surface area contributed by atoms with Gasteiger partial charge in [0.05, 0.1) is 0 Å². The monoisotopic (exact) mass is 822 g/mol. The van der Waals surface area contributed by atoms with Gasteiger partial charge < -0.3 is 9.80 Å². The zero-order chi connectivity index (χ0) is 42.0. The summed E-state index contributed by atoms with van der Waals surface area (Å²) in [7, 11) is 0. The predicted molar refractivity (Wildman–Crippen MR) is 272 cm³/mol. The molecule has 0 bridgehead atoms. The summed E-state index contributed by atoms with van der Waals surface area (Å²) in [6, 6.07) is 85.6. The van der Waals surface area contributed by atoms with Crippen LogP contribution in [0.1, 0.15) is 13.8 Å². The molecule has 0 amide bonds. The van der Waals surface area contributed by atoms with Gasteiger partial charge in [-0.3, -0.25) is 0 Å². The molecule has 1 fully saturated rings. The summed E-state index contributed by atoms with van der Waals surface area (Å²) in [4.78, 5) is 4.81. The highest BCUT2D eigenvalue weighted by Crippen LogP contribution is 2.51. The quantitative estimate of drug-likeness (QED) is 0.128. The van der Waals surface area contributed by atoms with Crippen LogP contribution in [-0.4, -0.2) is 0 Å². The Balaban J connectivity index is 0.00000484. The lowest BCUT2D eigenvalue weighted by Gasteiger charge is -2.29. The van der Waals surface area contributed by atoms with Crippen molar-refractivity contribution in [1.82, 2.24) is 0 Å². The maximum atomic E-state index is 2.47. The standard InChI is InChI=1S/C61H46N2.CH4/c1-4-11-44(12-5-1)47-19-21-48(22-20-47)51-29-39-58(40-30-51)63(61-18-10-17-54-43-60(54)61)59-41-31-53(32-42-59)52-27-37-57(38-28-52)62(55-33-23-49(24-34-55)45-13-6-2-7-14-45)56-35-25-50(26-36-56)46-15-8-3-9-16-46;/h1-42,54,60H,43H2;1H4. The van der Waals surface area contributed by atoms with E-state index >= 15 is 0 Å². The van der Waals surface area contributed by atoms with Crippen LogP contribution in [0.5, 0.6) is 0 Å². The molecule has 2 aliphatic rings. The number of nitrogens with zero attached hydrogens (tertiary/aromatic N) is 2. The molecule has 308 valence electrons. The van der Waals surface area contributed by atoms with E-state index in [0.717, 1.165) is 17.1 Å². The van der Waals surface area contributed by atoms with Crippen LogP contribution in [0.15, 0.2) is 261 Å². The van der Waals surface area contributed by atoms with Crippen molar-refractivity contribution in [2.24, 2.45) is 11.8 Å². The van der Waals surface area contributed by atoms with E-state index in [1.807, 2.05) is 0 Å². The predicted octanol–water partition coefficient (Wildman–Crippen LogP) is 17.4. The van der Waals surface area contributed by atoms with Crippen molar-refractivity contribution in [3.05, 3.63) is 261 Å². The minimum Gasteiger partial charge on any atom is -0.314 e. The zero-order valence-corrected chi connectivity index (χ0v) is 35.0. The van der Waals surface area contributed by atoms with Crippen molar-refractivity contribution in [2.75, 3.05) is 9.80 Å². The summed E-state index contributed by atoms with van der Waals surface area (Å²) in [5.41, 5.74) is 19.1. The summed E-state index contributed by atoms with van der Waals surface area (Å²) >= 11 is 0. The summed E-state index contributed by atoms with van der Waals surface area (Å²) in [5.74, 6) is 1.19. The smallest absolute Gasteiger partial charge is 0.0462 e. The summed E-state index contributed by atoms with van der Waals surface area (Å²) in [6.07, 6.45) is 8.13. The number of benzene rings is 9. The lowest BCUT2D eigenvalue weighted by Crippen LogP contribution is -2.19. The van der Waals surface area contributed by atoms with Crippen molar-refractivity contribution in [3.63, 3.8) is 0 Å². The Bertz CT molecular complexity index is 2920. The number of allylic oxidation sites excluding steroid dienone is 4. The van der Waals surface area contributed by atoms with Gasteiger partial charge in [0, 0.05) is 40.1 Å². The number of rotatable bonds is 11. The molecule has 2 aliphatic carbocycles. The molecule has 0 aromatic heterocycles. The Morgan fingerprint density at radius 3 is 0.828 bits per heavy atom. The molecule has 2 atom stereocenters. The molecule has 2 unspecified atom stereocenters. The molecule has 2 nitrogen and oxygen atoms in total. The van der Waals surface area contributed by atoms with Crippen molar-refractivity contribution in [2.45, 2.75) is 13.8 Å². The van der Waals surface area contributed by atoms with Gasteiger partial charge in [-0.05, 0) is 135 Å². The second-order valence-corrected chi connectivity index (χ2v) is 16.6. The molecular weight excluding hydrogens is 773 g/mol. The van der Waals surface area contributed by atoms with E-state index in [4.69, 9.17) is 0 Å². The molecule has 0 heterocycles. The van der Waals surface area contributed by atoms with E-state index in [1.54, 1.807) is 0 Å². The van der Waals surface area contributed by atoms with Crippen LogP contribution in [0.25, 0.3) is 55.6 Å². The van der Waals surface area contributed by atoms with E-state index in [0.29, 0.717) is 11.8 Å². The van der Waals surface area contributed by atoms with Crippen LogP contribution in [0.3, 0.4) is 0 Å². The van der Waals surface area contributed by atoms with Crippen LogP contribution in [0.2, 0.25) is 0 Å². The van der Waals surface area contributed by atoms with E-state index in [2.05, 4.69) is 265 Å². The summed E-state index contributed by atoms with van der Waals surface area (Å²) in [5, 5.41) is 0. The first kappa shape index (κ1) is 40.2. The minimum atomic E-state index is 0. The maximum Gasteiger partial charge on any atom is 0.0462 e. The topological polar surface area (TPSA) is 6.48 Å². The second-order valence-electron chi connectivity index (χ2n) is 16.6. The molecule has 9 aromatic carbocycles. The van der Waals surface area contributed by atoms with Gasteiger partial charge in [-0.1, -0.05) is 196 Å². The Morgan fingerprint density at radius 1 is 0.281 bits per heavy atom. The van der Waals surface area contributed by atoms with Gasteiger partial charge in [-0.2, -0.15) is 0 Å². The van der Waals surface area contributed by atoms with Crippen LogP contribution >= 0.6 is 0 Å². The molecule has 0 aliphatic heterocycles. The third kappa shape index (κ3) is 8.22. The van der Waals surface area contributed by atoms with Crippen molar-refractivity contribution in [1.29, 1.82) is 0 Å². The highest BCUT2D eigenvalue weighted by Gasteiger charge is 2.42. The first-order valence-electron chi connectivity index (χ1n) is 22.0. The molecular formula is C62H50N2. The molecule has 1 saturated carbocycles. The van der Waals surface area contributed by atoms with E-state index in [-0.39, 0.29) is 7.43 Å². The van der Waals surface area contributed by atoms with E-state index < -0.39 is 0 Å². The molecule has 0 spiro atoms. The third-order valence-electron chi connectivity index (χ3n) is 12.6. The first-order chi connectivity index (χ1) is 31.2. The van der Waals surface area contributed by atoms with Crippen LogP contribution in [0.4, 0.5) is 28.4 Å². The average molecular weight is 823 g/mol. The zero-order valence-electron chi connectivity index (χ0n) is 35.0. The summed E-state index contributed by atoms with van der Waals surface area (Å²) < 4.78 is 0. The molecule has 9 aromatic rings. The Labute approximate surface area is 378 Å². The fraction of sp³-hybridized carbons (Fsp3) is 0.0645.